The fourth-order valence-electron chi connectivity index (χ4n) is 3.55. The van der Waals surface area contributed by atoms with Gasteiger partial charge >= 0.3 is 6.36 Å². The van der Waals surface area contributed by atoms with E-state index in [0.29, 0.717) is 17.1 Å². The number of nitrogens with one attached hydrogen (secondary N) is 1. The van der Waals surface area contributed by atoms with Crippen LogP contribution in [0.1, 0.15) is 28.7 Å². The molecule has 0 saturated carbocycles. The summed E-state index contributed by atoms with van der Waals surface area (Å²) in [7, 11) is -3.41. The van der Waals surface area contributed by atoms with Gasteiger partial charge < -0.3 is 19.7 Å². The maximum absolute atomic E-state index is 13.0. The summed E-state index contributed by atoms with van der Waals surface area (Å²) >= 11 is 5.88. The zero-order valence-corrected chi connectivity index (χ0v) is 20.4. The Bertz CT molecular complexity index is 1350. The molecule has 1 atom stereocenters. The molecule has 1 heterocycles. The molecule has 0 saturated heterocycles. The molecular weight excluding hydrogens is 509 g/mol. The van der Waals surface area contributed by atoms with Crippen molar-refractivity contribution in [2.75, 3.05) is 11.6 Å². The van der Waals surface area contributed by atoms with Gasteiger partial charge in [0, 0.05) is 40.8 Å². The highest BCUT2D eigenvalue weighted by Crippen LogP contribution is 2.35. The summed E-state index contributed by atoms with van der Waals surface area (Å²) in [5.74, 6) is -1.15. The lowest BCUT2D eigenvalue weighted by Crippen LogP contribution is -2.19. The Kier molecular flexibility index (Phi) is 7.53. The van der Waals surface area contributed by atoms with E-state index in [1.165, 1.54) is 54.0 Å². The van der Waals surface area contributed by atoms with Gasteiger partial charge in [-0.05, 0) is 56.3 Å². The van der Waals surface area contributed by atoms with Crippen LogP contribution >= 0.6 is 11.6 Å². The van der Waals surface area contributed by atoms with Crippen molar-refractivity contribution in [3.63, 3.8) is 0 Å². The van der Waals surface area contributed by atoms with Crippen LogP contribution in [0.5, 0.6) is 5.75 Å². The van der Waals surface area contributed by atoms with E-state index in [0.717, 1.165) is 12.3 Å². The molecule has 3 aromatic rings. The Labute approximate surface area is 205 Å². The summed E-state index contributed by atoms with van der Waals surface area (Å²) in [5.41, 5.74) is 1.10. The highest BCUT2D eigenvalue weighted by atomic mass is 35.5. The molecule has 3 rings (SSSR count). The molecule has 0 aliphatic carbocycles. The van der Waals surface area contributed by atoms with Crippen molar-refractivity contribution in [1.82, 2.24) is 4.57 Å². The van der Waals surface area contributed by atoms with Gasteiger partial charge in [-0.2, -0.15) is 0 Å². The molecule has 7 nitrogen and oxygen atoms in total. The van der Waals surface area contributed by atoms with Crippen LogP contribution in [0.4, 0.5) is 18.9 Å². The summed E-state index contributed by atoms with van der Waals surface area (Å²) in [6, 6.07) is 10.7. The van der Waals surface area contributed by atoms with Crippen LogP contribution in [-0.2, 0) is 16.3 Å². The predicted molar refractivity (Wildman–Crippen MR) is 125 cm³/mol. The number of halogens is 4. The number of aliphatic hydroxyl groups excluding tert-OH is 1. The molecule has 12 heteroatoms. The monoisotopic (exact) mass is 530 g/mol. The van der Waals surface area contributed by atoms with Crippen LogP contribution in [-0.4, -0.2) is 42.7 Å². The number of rotatable bonds is 7. The van der Waals surface area contributed by atoms with Gasteiger partial charge in [-0.25, -0.2) is 8.42 Å². The fraction of sp³-hybridized carbons (Fsp3) is 0.261. The second kappa shape index (κ2) is 9.92. The standard InChI is InChI=1S/C23H22ClF3N2O5S/c1-13(30)10-17-12-19(22(31)28-16-5-7-18(8-6-16)35(3,32)33)14(2)29(17)20-9-4-15(24)11-21(20)34-23(25,26)27/h4-9,11-13,30H,10H2,1-3H3,(H,28,31). The smallest absolute Gasteiger partial charge is 0.403 e. The van der Waals surface area contributed by atoms with Crippen LogP contribution in [0.2, 0.25) is 5.02 Å². The summed E-state index contributed by atoms with van der Waals surface area (Å²) in [6.07, 6.45) is -4.75. The Morgan fingerprint density at radius 3 is 2.34 bits per heavy atom. The van der Waals surface area contributed by atoms with Gasteiger partial charge in [0.1, 0.15) is 0 Å². The molecule has 0 radical (unpaired) electrons. The van der Waals surface area contributed by atoms with E-state index in [2.05, 4.69) is 10.1 Å². The average molecular weight is 531 g/mol. The molecule has 1 amide bonds. The zero-order chi connectivity index (χ0) is 26.1. The summed E-state index contributed by atoms with van der Waals surface area (Å²) in [5, 5.41) is 12.6. The molecule has 2 N–H and O–H groups in total. The number of ether oxygens (including phenoxy) is 1. The minimum Gasteiger partial charge on any atom is -0.403 e. The molecule has 188 valence electrons. The quantitative estimate of drug-likeness (QED) is 0.452. The normalized spacial score (nSPS) is 12.9. The molecule has 1 aromatic heterocycles. The lowest BCUT2D eigenvalue weighted by Gasteiger charge is -2.18. The van der Waals surface area contributed by atoms with Crippen molar-refractivity contribution in [2.45, 2.75) is 37.6 Å². The first kappa shape index (κ1) is 26.6. The van der Waals surface area contributed by atoms with E-state index in [9.17, 15) is 31.5 Å². The fourth-order valence-corrected chi connectivity index (χ4v) is 4.35. The molecule has 0 fully saturated rings. The van der Waals surface area contributed by atoms with Crippen LogP contribution in [0, 0.1) is 6.92 Å². The van der Waals surface area contributed by atoms with Crippen molar-refractivity contribution in [3.05, 3.63) is 70.5 Å². The number of sulfone groups is 1. The van der Waals surface area contributed by atoms with Crippen molar-refractivity contribution in [2.24, 2.45) is 0 Å². The van der Waals surface area contributed by atoms with E-state index in [-0.39, 0.29) is 27.6 Å². The number of hydrogen-bond donors (Lipinski definition) is 2. The number of nitrogens with zero attached hydrogens (tertiary/aromatic N) is 1. The number of aromatic nitrogens is 1. The molecule has 0 aliphatic rings. The van der Waals surface area contributed by atoms with Crippen molar-refractivity contribution < 1.29 is 36.2 Å². The van der Waals surface area contributed by atoms with Crippen LogP contribution in [0.3, 0.4) is 0 Å². The molecule has 0 spiro atoms. The van der Waals surface area contributed by atoms with Gasteiger partial charge in [0.15, 0.2) is 15.6 Å². The number of amides is 1. The second-order valence-electron chi connectivity index (χ2n) is 7.93. The van der Waals surface area contributed by atoms with Crippen LogP contribution in [0.15, 0.2) is 53.4 Å². The maximum atomic E-state index is 13.0. The van der Waals surface area contributed by atoms with E-state index >= 15 is 0 Å². The molecule has 2 aromatic carbocycles. The number of alkyl halides is 3. The van der Waals surface area contributed by atoms with E-state index in [4.69, 9.17) is 11.6 Å². The third kappa shape index (κ3) is 6.56. The van der Waals surface area contributed by atoms with Crippen molar-refractivity contribution in [1.29, 1.82) is 0 Å². The number of hydrogen-bond acceptors (Lipinski definition) is 5. The third-order valence-corrected chi connectivity index (χ3v) is 6.36. The Morgan fingerprint density at radius 2 is 1.80 bits per heavy atom. The molecule has 0 bridgehead atoms. The van der Waals surface area contributed by atoms with Crippen LogP contribution in [0.25, 0.3) is 5.69 Å². The first-order chi connectivity index (χ1) is 16.2. The highest BCUT2D eigenvalue weighted by Gasteiger charge is 2.33. The molecule has 35 heavy (non-hydrogen) atoms. The Balaban J connectivity index is 2.05. The molecular formula is C23H22ClF3N2O5S. The number of carbonyl (C=O) groups is 1. The summed E-state index contributed by atoms with van der Waals surface area (Å²) in [6.45, 7) is 3.05. The maximum Gasteiger partial charge on any atom is 0.573 e. The Morgan fingerprint density at radius 1 is 1.17 bits per heavy atom. The lowest BCUT2D eigenvalue weighted by molar-refractivity contribution is -0.274. The van der Waals surface area contributed by atoms with Gasteiger partial charge in [0.25, 0.3) is 5.91 Å². The topological polar surface area (TPSA) is 97.6 Å². The summed E-state index contributed by atoms with van der Waals surface area (Å²) < 4.78 is 68.0. The number of aliphatic hydroxyl groups is 1. The molecule has 1 unspecified atom stereocenters. The number of carbonyl (C=O) groups excluding carboxylic acids is 1. The largest absolute Gasteiger partial charge is 0.573 e. The second-order valence-corrected chi connectivity index (χ2v) is 10.4. The Hall–Kier alpha value is -3.02. The lowest BCUT2D eigenvalue weighted by atomic mass is 10.2. The zero-order valence-electron chi connectivity index (χ0n) is 18.9. The van der Waals surface area contributed by atoms with E-state index in [1.54, 1.807) is 6.92 Å². The van der Waals surface area contributed by atoms with Crippen LogP contribution < -0.4 is 10.1 Å². The van der Waals surface area contributed by atoms with Gasteiger partial charge in [0.2, 0.25) is 0 Å². The van der Waals surface area contributed by atoms with Gasteiger partial charge in [0.05, 0.1) is 22.3 Å². The number of benzene rings is 2. The van der Waals surface area contributed by atoms with Gasteiger partial charge in [-0.15, -0.1) is 13.2 Å². The first-order valence-corrected chi connectivity index (χ1v) is 12.5. The first-order valence-electron chi connectivity index (χ1n) is 10.2. The minimum atomic E-state index is -4.98. The minimum absolute atomic E-state index is 0.0172. The molecule has 0 aliphatic heterocycles. The van der Waals surface area contributed by atoms with Gasteiger partial charge in [-0.1, -0.05) is 11.6 Å². The highest BCUT2D eigenvalue weighted by molar-refractivity contribution is 7.90. The van der Waals surface area contributed by atoms with E-state index in [1.807, 2.05) is 0 Å². The van der Waals surface area contributed by atoms with Gasteiger partial charge in [-0.3, -0.25) is 4.79 Å². The number of anilines is 1. The van der Waals surface area contributed by atoms with Crippen molar-refractivity contribution in [3.8, 4) is 11.4 Å². The predicted octanol–water partition coefficient (Wildman–Crippen LogP) is 4.92. The van der Waals surface area contributed by atoms with Crippen molar-refractivity contribution >= 4 is 33.0 Å². The average Bonchev–Trinajstić information content (AvgIpc) is 3.02. The van der Waals surface area contributed by atoms with E-state index < -0.39 is 34.0 Å². The SMILES string of the molecule is Cc1c(C(=O)Nc2ccc(S(C)(=O)=O)cc2)cc(CC(C)O)n1-c1ccc(Cl)cc1OC(F)(F)F. The third-order valence-electron chi connectivity index (χ3n) is 5.00. The summed E-state index contributed by atoms with van der Waals surface area (Å²) in [4.78, 5) is 13.1.